The largest absolute Gasteiger partial charge is 0.487 e. The van der Waals surface area contributed by atoms with E-state index in [9.17, 15) is 23.1 Å². The number of halogens is 4. The predicted octanol–water partition coefficient (Wildman–Crippen LogP) is 4.03. The van der Waals surface area contributed by atoms with Crippen molar-refractivity contribution in [2.45, 2.75) is 25.4 Å². The molecule has 0 saturated heterocycles. The lowest BCUT2D eigenvalue weighted by molar-refractivity contribution is -0.283. The number of aliphatic hydroxyl groups is 1. The molecule has 0 aliphatic carbocycles. The fraction of sp³-hybridized carbons (Fsp3) is 0.211. The number of ether oxygens (including phenoxy) is 1. The van der Waals surface area contributed by atoms with Gasteiger partial charge in [-0.15, -0.1) is 0 Å². The molecule has 1 unspecified atom stereocenters. The average molecular weight is 413 g/mol. The summed E-state index contributed by atoms with van der Waals surface area (Å²) in [7, 11) is 0. The molecule has 1 atom stereocenters. The Morgan fingerprint density at radius 1 is 1.21 bits per heavy atom. The summed E-state index contributed by atoms with van der Waals surface area (Å²) in [6.45, 7) is 1.48. The summed E-state index contributed by atoms with van der Waals surface area (Å²) in [4.78, 5) is 12.5. The summed E-state index contributed by atoms with van der Waals surface area (Å²) in [5.74, 6) is -0.533. The molecule has 3 rings (SSSR count). The highest BCUT2D eigenvalue weighted by atomic mass is 35.5. The van der Waals surface area contributed by atoms with Crippen molar-refractivity contribution < 1.29 is 27.8 Å². The zero-order chi connectivity index (χ0) is 20.5. The Morgan fingerprint density at radius 2 is 1.86 bits per heavy atom. The number of benzene rings is 2. The smallest absolute Gasteiger partial charge is 0.442 e. The van der Waals surface area contributed by atoms with Crippen molar-refractivity contribution in [1.29, 1.82) is 0 Å². The third-order valence-electron chi connectivity index (χ3n) is 4.10. The van der Waals surface area contributed by atoms with Crippen LogP contribution < -0.4 is 10.2 Å². The number of rotatable bonds is 4. The van der Waals surface area contributed by atoms with Crippen molar-refractivity contribution in [3.05, 3.63) is 76.5 Å². The lowest BCUT2D eigenvalue weighted by Gasteiger charge is -2.33. The topological polar surface area (TPSA) is 61.8 Å². The van der Waals surface area contributed by atoms with E-state index in [1.807, 2.05) is 0 Å². The van der Waals surface area contributed by atoms with Gasteiger partial charge in [0, 0.05) is 11.3 Å². The van der Waals surface area contributed by atoms with Crippen LogP contribution in [0.3, 0.4) is 0 Å². The number of hydrogen-bond donors (Lipinski definition) is 2. The first-order valence-corrected chi connectivity index (χ1v) is 8.55. The molecule has 1 aliphatic rings. The molecule has 0 bridgehead atoms. The second kappa shape index (κ2) is 7.37. The fourth-order valence-electron chi connectivity index (χ4n) is 2.67. The van der Waals surface area contributed by atoms with Crippen LogP contribution in [0.25, 0.3) is 0 Å². The van der Waals surface area contributed by atoms with Crippen molar-refractivity contribution in [3.63, 3.8) is 0 Å². The molecule has 0 aromatic heterocycles. The number of hydrogen-bond acceptors (Lipinski definition) is 4. The molecule has 0 saturated carbocycles. The summed E-state index contributed by atoms with van der Waals surface area (Å²) in [5, 5.41) is 10.6. The van der Waals surface area contributed by atoms with E-state index in [2.05, 4.69) is 5.43 Å². The highest BCUT2D eigenvalue weighted by Gasteiger charge is 2.61. The normalized spacial score (nSPS) is 19.2. The number of nitrogens with zero attached hydrogens (tertiary/aromatic N) is 1. The molecular formula is C19H16ClF3N2O3. The molecule has 2 aromatic rings. The highest BCUT2D eigenvalue weighted by Crippen LogP contribution is 2.38. The predicted molar refractivity (Wildman–Crippen MR) is 96.3 cm³/mol. The number of amides is 1. The minimum Gasteiger partial charge on any atom is -0.487 e. The molecule has 5 nitrogen and oxygen atoms in total. The molecule has 2 N–H and O–H groups in total. The lowest BCUT2D eigenvalue weighted by atomic mass is 10.1. The van der Waals surface area contributed by atoms with Crippen LogP contribution >= 0.6 is 11.6 Å². The minimum atomic E-state index is -5.06. The maximum Gasteiger partial charge on any atom is 0.442 e. The number of carbonyl (C=O) groups excluding carboxylic acids is 1. The van der Waals surface area contributed by atoms with Crippen molar-refractivity contribution in [2.24, 2.45) is 0 Å². The van der Waals surface area contributed by atoms with Crippen molar-refractivity contribution in [1.82, 2.24) is 10.4 Å². The summed E-state index contributed by atoms with van der Waals surface area (Å²) in [5.41, 5.74) is -0.494. The maximum atomic E-state index is 13.2. The van der Waals surface area contributed by atoms with E-state index in [1.54, 1.807) is 36.4 Å². The Hall–Kier alpha value is -2.71. The van der Waals surface area contributed by atoms with Crippen LogP contribution in [0, 0.1) is 0 Å². The van der Waals surface area contributed by atoms with Gasteiger partial charge in [-0.1, -0.05) is 35.9 Å². The Bertz CT molecular complexity index is 915. The molecular weight excluding hydrogens is 397 g/mol. The Kier molecular flexibility index (Phi) is 5.27. The zero-order valence-corrected chi connectivity index (χ0v) is 15.4. The number of nitrogens with one attached hydrogen (secondary N) is 1. The number of allylic oxidation sites excluding steroid dienone is 1. The van der Waals surface area contributed by atoms with Gasteiger partial charge < -0.3 is 9.84 Å². The van der Waals surface area contributed by atoms with E-state index in [0.29, 0.717) is 22.4 Å². The lowest BCUT2D eigenvalue weighted by Crippen LogP contribution is -2.60. The van der Waals surface area contributed by atoms with E-state index in [4.69, 9.17) is 16.3 Å². The van der Waals surface area contributed by atoms with Gasteiger partial charge in [-0.25, -0.2) is 5.01 Å². The van der Waals surface area contributed by atoms with Gasteiger partial charge in [0.15, 0.2) is 0 Å². The molecule has 1 aliphatic heterocycles. The van der Waals surface area contributed by atoms with Crippen molar-refractivity contribution >= 4 is 17.5 Å². The van der Waals surface area contributed by atoms with Crippen LogP contribution in [0.2, 0.25) is 5.02 Å². The molecule has 0 spiro atoms. The Balaban J connectivity index is 1.73. The van der Waals surface area contributed by atoms with Gasteiger partial charge in [0.2, 0.25) is 0 Å². The molecule has 2 aromatic carbocycles. The molecule has 9 heteroatoms. The summed E-state index contributed by atoms with van der Waals surface area (Å²) < 4.78 is 45.3. The van der Waals surface area contributed by atoms with E-state index in [1.165, 1.54) is 19.1 Å². The van der Waals surface area contributed by atoms with Crippen molar-refractivity contribution in [3.8, 4) is 5.75 Å². The van der Waals surface area contributed by atoms with E-state index < -0.39 is 17.8 Å². The Morgan fingerprint density at radius 3 is 2.46 bits per heavy atom. The maximum absolute atomic E-state index is 13.2. The molecule has 1 amide bonds. The van der Waals surface area contributed by atoms with Gasteiger partial charge in [0.25, 0.3) is 11.6 Å². The van der Waals surface area contributed by atoms with E-state index in [-0.39, 0.29) is 22.9 Å². The third kappa shape index (κ3) is 3.79. The average Bonchev–Trinajstić information content (AvgIpc) is 2.96. The van der Waals surface area contributed by atoms with Crippen LogP contribution in [-0.4, -0.2) is 27.9 Å². The SMILES string of the molecule is CC1=CC(O)(C(F)(F)F)N(C(=O)c2ccc(COc3ccccc3Cl)cc2)N1. The monoisotopic (exact) mass is 412 g/mol. The molecule has 28 heavy (non-hydrogen) atoms. The number of para-hydroxylation sites is 1. The fourth-order valence-corrected chi connectivity index (χ4v) is 2.86. The van der Waals surface area contributed by atoms with Gasteiger partial charge >= 0.3 is 6.18 Å². The van der Waals surface area contributed by atoms with Gasteiger partial charge in [-0.2, -0.15) is 13.2 Å². The zero-order valence-electron chi connectivity index (χ0n) is 14.6. The molecule has 1 heterocycles. The van der Waals surface area contributed by atoms with E-state index in [0.717, 1.165) is 0 Å². The summed E-state index contributed by atoms with van der Waals surface area (Å²) >= 11 is 6.00. The first-order chi connectivity index (χ1) is 13.1. The minimum absolute atomic E-state index is 0.0120. The number of hydrazine groups is 1. The number of carbonyl (C=O) groups is 1. The quantitative estimate of drug-likeness (QED) is 0.795. The van der Waals surface area contributed by atoms with Crippen LogP contribution in [0.15, 0.2) is 60.3 Å². The van der Waals surface area contributed by atoms with Crippen LogP contribution in [-0.2, 0) is 6.61 Å². The second-order valence-electron chi connectivity index (χ2n) is 6.22. The van der Waals surface area contributed by atoms with Gasteiger partial charge in [-0.3, -0.25) is 10.2 Å². The van der Waals surface area contributed by atoms with Gasteiger partial charge in [-0.05, 0) is 42.8 Å². The summed E-state index contributed by atoms with van der Waals surface area (Å²) in [6.07, 6.45) is -4.51. The first kappa shape index (κ1) is 20.0. The highest BCUT2D eigenvalue weighted by molar-refractivity contribution is 6.32. The standard InChI is InChI=1S/C19H16ClF3N2O3/c1-12-10-18(27,19(21,22)23)25(24-12)17(26)14-8-6-13(7-9-14)11-28-16-5-3-2-4-15(16)20/h2-10,24,27H,11H2,1H3. The summed E-state index contributed by atoms with van der Waals surface area (Å²) in [6, 6.07) is 12.7. The van der Waals surface area contributed by atoms with Crippen molar-refractivity contribution in [2.75, 3.05) is 0 Å². The molecule has 0 fully saturated rings. The third-order valence-corrected chi connectivity index (χ3v) is 4.41. The first-order valence-electron chi connectivity index (χ1n) is 8.18. The van der Waals surface area contributed by atoms with Crippen LogP contribution in [0.1, 0.15) is 22.8 Å². The Labute approximate surface area is 163 Å². The van der Waals surface area contributed by atoms with E-state index >= 15 is 0 Å². The van der Waals surface area contributed by atoms with Crippen LogP contribution in [0.4, 0.5) is 13.2 Å². The second-order valence-corrected chi connectivity index (χ2v) is 6.63. The molecule has 148 valence electrons. The number of alkyl halides is 3. The van der Waals surface area contributed by atoms with Gasteiger partial charge in [0.1, 0.15) is 12.4 Å². The van der Waals surface area contributed by atoms with Gasteiger partial charge in [0.05, 0.1) is 5.02 Å². The van der Waals surface area contributed by atoms with Crippen LogP contribution in [0.5, 0.6) is 5.75 Å². The molecule has 0 radical (unpaired) electrons.